The third-order valence-electron chi connectivity index (χ3n) is 7.15. The highest BCUT2D eigenvalue weighted by Crippen LogP contribution is 2.27. The number of benzene rings is 3. The van der Waals surface area contributed by atoms with Crippen LogP contribution in [0.5, 0.6) is 0 Å². The minimum absolute atomic E-state index is 0.0962. The Bertz CT molecular complexity index is 1430. The Kier molecular flexibility index (Phi) is 10.7. The quantitative estimate of drug-likeness (QED) is 0.288. The molecule has 0 aromatic heterocycles. The Balaban J connectivity index is 2.09. The van der Waals surface area contributed by atoms with Crippen molar-refractivity contribution in [2.45, 2.75) is 84.3 Å². The summed E-state index contributed by atoms with van der Waals surface area (Å²) in [7, 11) is -4.10. The molecule has 0 aliphatic heterocycles. The third kappa shape index (κ3) is 7.97. The molecule has 0 spiro atoms. The van der Waals surface area contributed by atoms with Gasteiger partial charge in [0, 0.05) is 12.6 Å². The van der Waals surface area contributed by atoms with E-state index in [9.17, 15) is 18.0 Å². The van der Waals surface area contributed by atoms with Crippen LogP contribution in [0.4, 0.5) is 5.69 Å². The molecule has 0 bridgehead atoms. The summed E-state index contributed by atoms with van der Waals surface area (Å²) in [6, 6.07) is 20.7. The van der Waals surface area contributed by atoms with Crippen LogP contribution in [0.2, 0.25) is 0 Å². The number of nitrogens with zero attached hydrogens (tertiary/aromatic N) is 2. The van der Waals surface area contributed by atoms with E-state index in [2.05, 4.69) is 19.2 Å². The maximum absolute atomic E-state index is 14.2. The van der Waals surface area contributed by atoms with Gasteiger partial charge in [-0.25, -0.2) is 8.42 Å². The average Bonchev–Trinajstić information content (AvgIpc) is 2.92. The first-order chi connectivity index (χ1) is 19.3. The van der Waals surface area contributed by atoms with E-state index in [1.165, 1.54) is 4.90 Å². The van der Waals surface area contributed by atoms with Crippen molar-refractivity contribution in [3.8, 4) is 0 Å². The predicted molar refractivity (Wildman–Crippen MR) is 165 cm³/mol. The highest BCUT2D eigenvalue weighted by atomic mass is 32.2. The number of sulfonamides is 1. The van der Waals surface area contributed by atoms with Crippen LogP contribution in [-0.2, 0) is 26.2 Å². The Morgan fingerprint density at radius 2 is 1.46 bits per heavy atom. The number of carbonyl (C=O) groups excluding carboxylic acids is 2. The van der Waals surface area contributed by atoms with Gasteiger partial charge in [-0.3, -0.25) is 13.9 Å². The summed E-state index contributed by atoms with van der Waals surface area (Å²) < 4.78 is 29.2. The molecule has 0 aliphatic carbocycles. The number of aryl methyl sites for hydroxylation is 2. The van der Waals surface area contributed by atoms with Crippen LogP contribution in [0, 0.1) is 13.8 Å². The minimum Gasteiger partial charge on any atom is -0.352 e. The Labute approximate surface area is 245 Å². The lowest BCUT2D eigenvalue weighted by Gasteiger charge is -2.34. The SMILES string of the molecule is CCC(C(=O)NC(C)C)N(Cc1ccccc1C)C(=O)CN(c1ccc(C(C)C)cc1)S(=O)(=O)c1ccc(C)cc1. The molecule has 0 aliphatic rings. The van der Waals surface area contributed by atoms with Crippen molar-refractivity contribution in [3.63, 3.8) is 0 Å². The van der Waals surface area contributed by atoms with E-state index < -0.39 is 28.5 Å². The van der Waals surface area contributed by atoms with E-state index in [0.717, 1.165) is 26.6 Å². The van der Waals surface area contributed by atoms with Crippen molar-refractivity contribution in [3.05, 3.63) is 95.1 Å². The van der Waals surface area contributed by atoms with Gasteiger partial charge < -0.3 is 10.2 Å². The summed E-state index contributed by atoms with van der Waals surface area (Å²) in [4.78, 5) is 29.1. The standard InChI is InChI=1S/C33H43N3O4S/c1-8-31(33(38)34-24(4)5)35(21-28-12-10-9-11-26(28)7)32(37)22-36(29-17-15-27(16-18-29)23(2)3)41(39,40)30-19-13-25(6)14-20-30/h9-20,23-24,31H,8,21-22H2,1-7H3,(H,34,38). The number of hydrogen-bond donors (Lipinski definition) is 1. The Hall–Kier alpha value is -3.65. The minimum atomic E-state index is -4.10. The molecule has 3 aromatic rings. The summed E-state index contributed by atoms with van der Waals surface area (Å²) in [6.07, 6.45) is 0.379. The molecule has 0 saturated carbocycles. The van der Waals surface area contributed by atoms with Gasteiger partial charge in [0.2, 0.25) is 11.8 Å². The summed E-state index contributed by atoms with van der Waals surface area (Å²) in [5.41, 5.74) is 4.26. The van der Waals surface area contributed by atoms with Crippen molar-refractivity contribution >= 4 is 27.5 Å². The van der Waals surface area contributed by atoms with Gasteiger partial charge in [0.25, 0.3) is 10.0 Å². The molecule has 8 heteroatoms. The highest BCUT2D eigenvalue weighted by molar-refractivity contribution is 7.92. The van der Waals surface area contributed by atoms with Crippen LogP contribution in [-0.4, -0.2) is 43.8 Å². The van der Waals surface area contributed by atoms with Crippen LogP contribution in [0.1, 0.15) is 69.2 Å². The summed E-state index contributed by atoms with van der Waals surface area (Å²) in [5.74, 6) is -0.455. The number of nitrogens with one attached hydrogen (secondary N) is 1. The smallest absolute Gasteiger partial charge is 0.264 e. The first kappa shape index (κ1) is 31.9. The molecule has 220 valence electrons. The molecular formula is C33H43N3O4S. The number of hydrogen-bond acceptors (Lipinski definition) is 4. The van der Waals surface area contributed by atoms with Crippen LogP contribution in [0.25, 0.3) is 0 Å². The van der Waals surface area contributed by atoms with E-state index in [1.807, 2.05) is 71.0 Å². The summed E-state index contributed by atoms with van der Waals surface area (Å²) >= 11 is 0. The van der Waals surface area contributed by atoms with Gasteiger partial charge in [-0.2, -0.15) is 0 Å². The van der Waals surface area contributed by atoms with Crippen LogP contribution in [0.15, 0.2) is 77.7 Å². The number of anilines is 1. The van der Waals surface area contributed by atoms with E-state index >= 15 is 0 Å². The zero-order valence-electron chi connectivity index (χ0n) is 25.2. The van der Waals surface area contributed by atoms with E-state index in [1.54, 1.807) is 36.4 Å². The van der Waals surface area contributed by atoms with Gasteiger partial charge in [-0.15, -0.1) is 0 Å². The molecule has 1 unspecified atom stereocenters. The van der Waals surface area contributed by atoms with Crippen molar-refractivity contribution < 1.29 is 18.0 Å². The van der Waals surface area contributed by atoms with Crippen LogP contribution >= 0.6 is 0 Å². The number of rotatable bonds is 12. The zero-order valence-corrected chi connectivity index (χ0v) is 26.0. The van der Waals surface area contributed by atoms with E-state index in [4.69, 9.17) is 0 Å². The van der Waals surface area contributed by atoms with Crippen molar-refractivity contribution in [2.75, 3.05) is 10.8 Å². The molecule has 0 saturated heterocycles. The van der Waals surface area contributed by atoms with Gasteiger partial charge >= 0.3 is 0 Å². The Morgan fingerprint density at radius 1 is 0.854 bits per heavy atom. The monoisotopic (exact) mass is 577 g/mol. The molecule has 3 aromatic carbocycles. The second-order valence-corrected chi connectivity index (χ2v) is 13.0. The second kappa shape index (κ2) is 13.8. The fourth-order valence-electron chi connectivity index (χ4n) is 4.66. The van der Waals surface area contributed by atoms with Crippen LogP contribution < -0.4 is 9.62 Å². The maximum Gasteiger partial charge on any atom is 0.264 e. The molecule has 41 heavy (non-hydrogen) atoms. The highest BCUT2D eigenvalue weighted by Gasteiger charge is 2.34. The molecule has 7 nitrogen and oxygen atoms in total. The van der Waals surface area contributed by atoms with Crippen molar-refractivity contribution in [1.29, 1.82) is 0 Å². The second-order valence-electron chi connectivity index (χ2n) is 11.1. The maximum atomic E-state index is 14.2. The van der Waals surface area contributed by atoms with Crippen molar-refractivity contribution in [1.82, 2.24) is 10.2 Å². The Morgan fingerprint density at radius 3 is 2.00 bits per heavy atom. The van der Waals surface area contributed by atoms with Gasteiger partial charge in [-0.1, -0.05) is 74.9 Å². The van der Waals surface area contributed by atoms with Gasteiger partial charge in [-0.05, 0) is 81.0 Å². The normalized spacial score (nSPS) is 12.3. The first-order valence-corrected chi connectivity index (χ1v) is 15.6. The number of amides is 2. The number of carbonyl (C=O) groups is 2. The van der Waals surface area contributed by atoms with Gasteiger partial charge in [0.1, 0.15) is 12.6 Å². The van der Waals surface area contributed by atoms with Gasteiger partial charge in [0.15, 0.2) is 0 Å². The lowest BCUT2D eigenvalue weighted by Crippen LogP contribution is -2.53. The van der Waals surface area contributed by atoms with E-state index in [-0.39, 0.29) is 29.3 Å². The fraction of sp³-hybridized carbons (Fsp3) is 0.394. The van der Waals surface area contributed by atoms with E-state index in [0.29, 0.717) is 12.1 Å². The molecule has 2 amide bonds. The lowest BCUT2D eigenvalue weighted by molar-refractivity contribution is -0.140. The molecule has 0 radical (unpaired) electrons. The largest absolute Gasteiger partial charge is 0.352 e. The third-order valence-corrected chi connectivity index (χ3v) is 8.94. The predicted octanol–water partition coefficient (Wildman–Crippen LogP) is 5.95. The lowest BCUT2D eigenvalue weighted by atomic mass is 10.0. The molecule has 0 fully saturated rings. The van der Waals surface area contributed by atoms with Crippen LogP contribution in [0.3, 0.4) is 0 Å². The molecule has 0 heterocycles. The molecule has 3 rings (SSSR count). The first-order valence-electron chi connectivity index (χ1n) is 14.2. The molecular weight excluding hydrogens is 534 g/mol. The molecule has 1 atom stereocenters. The van der Waals surface area contributed by atoms with Crippen molar-refractivity contribution in [2.24, 2.45) is 0 Å². The average molecular weight is 578 g/mol. The van der Waals surface area contributed by atoms with Gasteiger partial charge in [0.05, 0.1) is 10.6 Å². The summed E-state index contributed by atoms with van der Waals surface area (Å²) in [6.45, 7) is 13.3. The summed E-state index contributed by atoms with van der Waals surface area (Å²) in [5, 5.41) is 2.93. The molecule has 1 N–H and O–H groups in total. The fourth-order valence-corrected chi connectivity index (χ4v) is 6.08. The topological polar surface area (TPSA) is 86.8 Å². The zero-order chi connectivity index (χ0) is 30.3.